The highest BCUT2D eigenvalue weighted by atomic mass is 19.1. The molecule has 2 N–H and O–H groups in total. The summed E-state index contributed by atoms with van der Waals surface area (Å²) in [6.45, 7) is 0.260. The second-order valence-electron chi connectivity index (χ2n) is 5.31. The van der Waals surface area contributed by atoms with E-state index in [9.17, 15) is 9.18 Å². The van der Waals surface area contributed by atoms with E-state index >= 15 is 0 Å². The molecule has 0 heterocycles. The van der Waals surface area contributed by atoms with Crippen molar-refractivity contribution in [3.8, 4) is 0 Å². The molecule has 21 heavy (non-hydrogen) atoms. The minimum atomic E-state index is -0.310. The molecule has 0 aliphatic heterocycles. The first-order valence-electron chi connectivity index (χ1n) is 7.06. The molecule has 0 saturated heterocycles. The molecule has 0 radical (unpaired) electrons. The number of fused-ring (bicyclic) bond motifs is 1. The van der Waals surface area contributed by atoms with Crippen molar-refractivity contribution >= 4 is 11.6 Å². The molecule has 0 unspecified atom stereocenters. The van der Waals surface area contributed by atoms with E-state index in [4.69, 9.17) is 0 Å². The zero-order chi connectivity index (χ0) is 14.7. The van der Waals surface area contributed by atoms with Crippen LogP contribution in [0.1, 0.15) is 11.1 Å². The molecule has 0 spiro atoms. The van der Waals surface area contributed by atoms with E-state index in [2.05, 4.69) is 22.8 Å². The van der Waals surface area contributed by atoms with Crippen molar-refractivity contribution in [1.29, 1.82) is 0 Å². The monoisotopic (exact) mass is 284 g/mol. The van der Waals surface area contributed by atoms with E-state index in [0.717, 1.165) is 12.8 Å². The Balaban J connectivity index is 1.48. The number of halogens is 1. The molecule has 2 aromatic carbocycles. The van der Waals surface area contributed by atoms with Crippen molar-refractivity contribution in [2.45, 2.75) is 18.9 Å². The minimum Gasteiger partial charge on any atom is -0.325 e. The number of rotatable bonds is 4. The van der Waals surface area contributed by atoms with Gasteiger partial charge in [-0.05, 0) is 48.2 Å². The average molecular weight is 284 g/mol. The third-order valence-corrected chi connectivity index (χ3v) is 3.73. The summed E-state index contributed by atoms with van der Waals surface area (Å²) >= 11 is 0. The second-order valence-corrected chi connectivity index (χ2v) is 5.31. The quantitative estimate of drug-likeness (QED) is 0.906. The van der Waals surface area contributed by atoms with Crippen LogP contribution in [0.15, 0.2) is 48.5 Å². The van der Waals surface area contributed by atoms with Crippen LogP contribution in [0, 0.1) is 5.82 Å². The van der Waals surface area contributed by atoms with Crippen LogP contribution in [-0.4, -0.2) is 18.5 Å². The molecule has 0 atom stereocenters. The van der Waals surface area contributed by atoms with E-state index in [1.807, 2.05) is 12.1 Å². The lowest BCUT2D eigenvalue weighted by molar-refractivity contribution is -0.115. The van der Waals surface area contributed by atoms with Gasteiger partial charge in [0.15, 0.2) is 0 Å². The van der Waals surface area contributed by atoms with Crippen molar-refractivity contribution in [2.24, 2.45) is 0 Å². The van der Waals surface area contributed by atoms with Crippen LogP contribution < -0.4 is 10.6 Å². The summed E-state index contributed by atoms with van der Waals surface area (Å²) in [6, 6.07) is 14.4. The van der Waals surface area contributed by atoms with Crippen LogP contribution in [0.5, 0.6) is 0 Å². The number of benzene rings is 2. The number of hydrogen-bond acceptors (Lipinski definition) is 2. The van der Waals surface area contributed by atoms with E-state index < -0.39 is 0 Å². The Morgan fingerprint density at radius 1 is 1.05 bits per heavy atom. The summed E-state index contributed by atoms with van der Waals surface area (Å²) in [6.07, 6.45) is 1.92. The highest BCUT2D eigenvalue weighted by Gasteiger charge is 2.20. The fourth-order valence-corrected chi connectivity index (χ4v) is 2.68. The summed E-state index contributed by atoms with van der Waals surface area (Å²) in [4.78, 5) is 11.9. The molecule has 0 saturated carbocycles. The average Bonchev–Trinajstić information content (AvgIpc) is 2.90. The van der Waals surface area contributed by atoms with Gasteiger partial charge in [-0.15, -0.1) is 0 Å². The lowest BCUT2D eigenvalue weighted by Crippen LogP contribution is -2.36. The van der Waals surface area contributed by atoms with Gasteiger partial charge in [-0.3, -0.25) is 4.79 Å². The fraction of sp³-hybridized carbons (Fsp3) is 0.235. The number of carbonyl (C=O) groups is 1. The Labute approximate surface area is 123 Å². The van der Waals surface area contributed by atoms with Crippen LogP contribution in [0.4, 0.5) is 10.1 Å². The maximum absolute atomic E-state index is 12.8. The number of carbonyl (C=O) groups excluding carboxylic acids is 1. The van der Waals surface area contributed by atoms with Crippen molar-refractivity contribution in [2.75, 3.05) is 11.9 Å². The third kappa shape index (κ3) is 3.47. The molecule has 1 aliphatic carbocycles. The van der Waals surface area contributed by atoms with E-state index in [1.54, 1.807) is 12.1 Å². The van der Waals surface area contributed by atoms with Gasteiger partial charge in [0.1, 0.15) is 5.82 Å². The molecular weight excluding hydrogens is 267 g/mol. The maximum atomic E-state index is 12.8. The summed E-state index contributed by atoms with van der Waals surface area (Å²) < 4.78 is 12.8. The Bertz CT molecular complexity index is 614. The van der Waals surface area contributed by atoms with Gasteiger partial charge < -0.3 is 10.6 Å². The zero-order valence-electron chi connectivity index (χ0n) is 11.6. The molecular formula is C17H17FN2O. The second kappa shape index (κ2) is 6.06. The van der Waals surface area contributed by atoms with Crippen LogP contribution >= 0.6 is 0 Å². The van der Waals surface area contributed by atoms with Gasteiger partial charge in [0.05, 0.1) is 6.54 Å². The SMILES string of the molecule is O=C(CNC1Cc2ccccc2C1)Nc1ccc(F)cc1. The predicted molar refractivity (Wildman–Crippen MR) is 80.7 cm³/mol. The third-order valence-electron chi connectivity index (χ3n) is 3.73. The molecule has 0 bridgehead atoms. The largest absolute Gasteiger partial charge is 0.325 e. The van der Waals surface area contributed by atoms with Gasteiger partial charge in [0.2, 0.25) is 5.91 Å². The van der Waals surface area contributed by atoms with Gasteiger partial charge in [-0.1, -0.05) is 24.3 Å². The molecule has 4 heteroatoms. The maximum Gasteiger partial charge on any atom is 0.238 e. The molecule has 2 aromatic rings. The molecule has 0 fully saturated rings. The zero-order valence-corrected chi connectivity index (χ0v) is 11.6. The van der Waals surface area contributed by atoms with E-state index in [-0.39, 0.29) is 18.3 Å². The lowest BCUT2D eigenvalue weighted by Gasteiger charge is -2.12. The highest BCUT2D eigenvalue weighted by Crippen LogP contribution is 2.21. The van der Waals surface area contributed by atoms with Gasteiger partial charge in [0, 0.05) is 11.7 Å². The number of anilines is 1. The van der Waals surface area contributed by atoms with Crippen molar-refractivity contribution < 1.29 is 9.18 Å². The van der Waals surface area contributed by atoms with Gasteiger partial charge >= 0.3 is 0 Å². The van der Waals surface area contributed by atoms with Crippen molar-refractivity contribution in [3.05, 3.63) is 65.5 Å². The Hall–Kier alpha value is -2.20. The first-order chi connectivity index (χ1) is 10.2. The summed E-state index contributed by atoms with van der Waals surface area (Å²) in [5.41, 5.74) is 3.32. The first-order valence-corrected chi connectivity index (χ1v) is 7.06. The molecule has 1 aliphatic rings. The summed E-state index contributed by atoms with van der Waals surface area (Å²) in [5.74, 6) is -0.424. The van der Waals surface area contributed by atoms with Crippen LogP contribution in [0.3, 0.4) is 0 Å². The van der Waals surface area contributed by atoms with E-state index in [0.29, 0.717) is 11.7 Å². The normalized spacial score (nSPS) is 14.0. The summed E-state index contributed by atoms with van der Waals surface area (Å²) in [7, 11) is 0. The number of hydrogen-bond donors (Lipinski definition) is 2. The molecule has 108 valence electrons. The molecule has 3 nitrogen and oxygen atoms in total. The van der Waals surface area contributed by atoms with Crippen molar-refractivity contribution in [1.82, 2.24) is 5.32 Å². The minimum absolute atomic E-state index is 0.113. The number of nitrogens with one attached hydrogen (secondary N) is 2. The van der Waals surface area contributed by atoms with Gasteiger partial charge in [0.25, 0.3) is 0 Å². The van der Waals surface area contributed by atoms with Crippen molar-refractivity contribution in [3.63, 3.8) is 0 Å². The highest BCUT2D eigenvalue weighted by molar-refractivity contribution is 5.92. The van der Waals surface area contributed by atoms with Crippen LogP contribution in [0.25, 0.3) is 0 Å². The lowest BCUT2D eigenvalue weighted by atomic mass is 10.1. The standard InChI is InChI=1S/C17H17FN2O/c18-14-5-7-15(8-6-14)20-17(21)11-19-16-9-12-3-1-2-4-13(12)10-16/h1-8,16,19H,9-11H2,(H,20,21). The van der Waals surface area contributed by atoms with Crippen LogP contribution in [0.2, 0.25) is 0 Å². The van der Waals surface area contributed by atoms with Crippen LogP contribution in [-0.2, 0) is 17.6 Å². The number of amides is 1. The molecule has 1 amide bonds. The van der Waals surface area contributed by atoms with Gasteiger partial charge in [-0.2, -0.15) is 0 Å². The Morgan fingerprint density at radius 2 is 1.67 bits per heavy atom. The Kier molecular flexibility index (Phi) is 3.97. The molecule has 3 rings (SSSR count). The molecule has 0 aromatic heterocycles. The first kappa shape index (κ1) is 13.8. The topological polar surface area (TPSA) is 41.1 Å². The Morgan fingerprint density at radius 3 is 2.29 bits per heavy atom. The van der Waals surface area contributed by atoms with E-state index in [1.165, 1.54) is 23.3 Å². The fourth-order valence-electron chi connectivity index (χ4n) is 2.68. The summed E-state index contributed by atoms with van der Waals surface area (Å²) in [5, 5.41) is 6.02. The predicted octanol–water partition coefficient (Wildman–Crippen LogP) is 2.52. The van der Waals surface area contributed by atoms with Gasteiger partial charge in [-0.25, -0.2) is 4.39 Å². The smallest absolute Gasteiger partial charge is 0.238 e.